The first-order valence-electron chi connectivity index (χ1n) is 23.0. The van der Waals surface area contributed by atoms with Crippen LogP contribution in [0.1, 0.15) is 91.3 Å². The summed E-state index contributed by atoms with van der Waals surface area (Å²) in [5.41, 5.74) is 4.43. The Morgan fingerprint density at radius 3 is 1.59 bits per heavy atom. The molecule has 0 fully saturated rings. The molecule has 8 aromatic carbocycles. The Labute approximate surface area is 383 Å². The Balaban J connectivity index is 1.09. The summed E-state index contributed by atoms with van der Waals surface area (Å²) in [7, 11) is 3.14. The summed E-state index contributed by atoms with van der Waals surface area (Å²) < 4.78 is 55.2. The molecular weight excluding hydrogens is 832 g/mol. The fraction of sp³-hybridized carbons (Fsp3) is 0.241. The van der Waals surface area contributed by atoms with Crippen LogP contribution in [0.15, 0.2) is 145 Å². The van der Waals surface area contributed by atoms with Gasteiger partial charge in [-0.3, -0.25) is 4.79 Å². The largest absolute Gasteiger partial charge is 0.489 e. The molecule has 1 atom stereocenters. The van der Waals surface area contributed by atoms with E-state index in [-0.39, 0.29) is 24.7 Å². The molecule has 8 heteroatoms. The van der Waals surface area contributed by atoms with Crippen molar-refractivity contribution in [1.29, 1.82) is 0 Å². The number of nitrogens with zero attached hydrogens (tertiary/aromatic N) is 1. The zero-order valence-electron chi connectivity index (χ0n) is 37.5. The predicted molar refractivity (Wildman–Crippen MR) is 259 cm³/mol. The third-order valence-corrected chi connectivity index (χ3v) is 13.0. The van der Waals surface area contributed by atoms with Gasteiger partial charge in [0.1, 0.15) is 29.9 Å². The predicted octanol–water partition coefficient (Wildman–Crippen LogP) is 14.8. The quantitative estimate of drug-likeness (QED) is 0.0133. The molecular formula is C58H52F3NO4. The number of Topliss-reactive ketones (excluding diaryl/α,β-unsaturated/α-hetero) is 1. The second-order valence-corrected chi connectivity index (χ2v) is 17.6. The fourth-order valence-electron chi connectivity index (χ4n) is 10.0. The third-order valence-electron chi connectivity index (χ3n) is 13.0. The van der Waals surface area contributed by atoms with Crippen molar-refractivity contribution in [3.63, 3.8) is 0 Å². The van der Waals surface area contributed by atoms with Gasteiger partial charge < -0.3 is 14.4 Å². The fourth-order valence-corrected chi connectivity index (χ4v) is 10.0. The number of fused-ring (bicyclic) bond motifs is 13. The molecule has 0 bridgehead atoms. The Morgan fingerprint density at radius 1 is 0.591 bits per heavy atom. The van der Waals surface area contributed by atoms with Crippen molar-refractivity contribution >= 4 is 54.8 Å². The molecule has 0 amide bonds. The van der Waals surface area contributed by atoms with Crippen molar-refractivity contribution < 1.29 is 32.2 Å². The Bertz CT molecular complexity index is 3030. The summed E-state index contributed by atoms with van der Waals surface area (Å²) >= 11 is 0. The van der Waals surface area contributed by atoms with E-state index < -0.39 is 40.3 Å². The van der Waals surface area contributed by atoms with E-state index in [9.17, 15) is 22.8 Å². The molecule has 0 spiro atoms. The van der Waals surface area contributed by atoms with Crippen LogP contribution >= 0.6 is 0 Å². The summed E-state index contributed by atoms with van der Waals surface area (Å²) in [5, 5.41) is 9.77. The number of ether oxygens (including phenoxy) is 2. The SMILES string of the molecule is CCCCCCCCCC(Oc1ccc(COC(=O)C(=CN(C)C)C(=O)c2cc(F)c(F)cc2F)cc1)C1c2c(c3ccccc3c3ccccc23)-c2c1c1ccccc1c1ccccc21. The van der Waals surface area contributed by atoms with Crippen molar-refractivity contribution in [2.45, 2.75) is 76.9 Å². The van der Waals surface area contributed by atoms with Gasteiger partial charge in [0.05, 0.1) is 5.56 Å². The van der Waals surface area contributed by atoms with E-state index in [0.717, 1.165) is 19.3 Å². The van der Waals surface area contributed by atoms with Crippen molar-refractivity contribution in [3.05, 3.63) is 185 Å². The van der Waals surface area contributed by atoms with Crippen LogP contribution in [0.3, 0.4) is 0 Å². The lowest BCUT2D eigenvalue weighted by Crippen LogP contribution is -2.26. The lowest BCUT2D eigenvalue weighted by atomic mass is 9.82. The standard InChI is InChI=1S/C58H52F3NO4/c1-4-5-6-7-8-9-10-27-51(66-37-30-28-36(29-31-37)35-65-58(64)47(34-62(2)3)57(63)46-32-49(60)50(61)33-48(46)59)56-54-44-25-17-13-21-40(44)38-19-11-15-23-42(38)52(54)53-43-24-16-12-20-39(43)41-22-14-18-26-45(41)55(53)56/h11-26,28-34,51,56H,4-10,27,35H2,1-3H3. The molecule has 0 saturated carbocycles. The monoisotopic (exact) mass is 883 g/mol. The summed E-state index contributed by atoms with van der Waals surface area (Å²) in [6.07, 6.45) is 9.95. The van der Waals surface area contributed by atoms with Crippen LogP contribution in [0.25, 0.3) is 54.2 Å². The van der Waals surface area contributed by atoms with E-state index in [1.165, 1.54) is 109 Å². The molecule has 334 valence electrons. The van der Waals surface area contributed by atoms with Gasteiger partial charge >= 0.3 is 5.97 Å². The summed E-state index contributed by atoms with van der Waals surface area (Å²) in [5.74, 6) is -5.75. The zero-order valence-corrected chi connectivity index (χ0v) is 37.5. The Hall–Kier alpha value is -6.93. The summed E-state index contributed by atoms with van der Waals surface area (Å²) in [6, 6.07) is 43.2. The normalized spacial score (nSPS) is 13.0. The van der Waals surface area contributed by atoms with E-state index in [1.807, 2.05) is 24.3 Å². The van der Waals surface area contributed by atoms with Gasteiger partial charge in [-0.25, -0.2) is 18.0 Å². The van der Waals surface area contributed by atoms with E-state index in [0.29, 0.717) is 17.4 Å². The van der Waals surface area contributed by atoms with Crippen molar-refractivity contribution in [3.8, 4) is 16.9 Å². The zero-order chi connectivity index (χ0) is 45.9. The number of esters is 1. The first-order chi connectivity index (χ1) is 32.1. The molecule has 5 nitrogen and oxygen atoms in total. The summed E-state index contributed by atoms with van der Waals surface area (Å²) in [4.78, 5) is 28.1. The van der Waals surface area contributed by atoms with Gasteiger partial charge in [-0.05, 0) is 102 Å². The number of carbonyl (C=O) groups excluding carboxylic acids is 2. The first kappa shape index (κ1) is 44.3. The van der Waals surface area contributed by atoms with Gasteiger partial charge in [-0.1, -0.05) is 155 Å². The van der Waals surface area contributed by atoms with Crippen LogP contribution < -0.4 is 4.74 Å². The van der Waals surface area contributed by atoms with Gasteiger partial charge in [0.25, 0.3) is 0 Å². The maximum atomic E-state index is 14.6. The Morgan fingerprint density at radius 2 is 1.06 bits per heavy atom. The minimum Gasteiger partial charge on any atom is -0.489 e. The topological polar surface area (TPSA) is 55.8 Å². The third kappa shape index (κ3) is 8.53. The second-order valence-electron chi connectivity index (χ2n) is 17.6. The molecule has 0 saturated heterocycles. The van der Waals surface area contributed by atoms with Gasteiger partial charge in [0.15, 0.2) is 11.6 Å². The molecule has 66 heavy (non-hydrogen) atoms. The number of ketones is 1. The average molecular weight is 884 g/mol. The number of hydrogen-bond donors (Lipinski definition) is 0. The van der Waals surface area contributed by atoms with Gasteiger partial charge in [-0.2, -0.15) is 0 Å². The second kappa shape index (κ2) is 19.3. The average Bonchev–Trinajstić information content (AvgIpc) is 3.70. The van der Waals surface area contributed by atoms with Crippen LogP contribution in [-0.4, -0.2) is 36.9 Å². The molecule has 1 unspecified atom stereocenters. The number of carbonyl (C=O) groups is 2. The lowest BCUT2D eigenvalue weighted by Gasteiger charge is -2.29. The molecule has 0 aliphatic heterocycles. The first-order valence-corrected chi connectivity index (χ1v) is 23.0. The lowest BCUT2D eigenvalue weighted by molar-refractivity contribution is -0.139. The number of hydrogen-bond acceptors (Lipinski definition) is 5. The van der Waals surface area contributed by atoms with Crippen molar-refractivity contribution in [1.82, 2.24) is 4.90 Å². The molecule has 1 aliphatic carbocycles. The molecule has 0 N–H and O–H groups in total. The highest BCUT2D eigenvalue weighted by atomic mass is 19.2. The van der Waals surface area contributed by atoms with Gasteiger partial charge in [0.2, 0.25) is 5.78 Å². The highest BCUT2D eigenvalue weighted by Crippen LogP contribution is 2.58. The minimum absolute atomic E-state index is 0.112. The van der Waals surface area contributed by atoms with Gasteiger partial charge in [0, 0.05) is 32.3 Å². The molecule has 1 aliphatic rings. The maximum Gasteiger partial charge on any atom is 0.343 e. The van der Waals surface area contributed by atoms with Crippen molar-refractivity contribution in [2.75, 3.05) is 14.1 Å². The van der Waals surface area contributed by atoms with E-state index >= 15 is 0 Å². The van der Waals surface area contributed by atoms with Gasteiger partial charge in [-0.15, -0.1) is 0 Å². The summed E-state index contributed by atoms with van der Waals surface area (Å²) in [6.45, 7) is 2.03. The van der Waals surface area contributed by atoms with Crippen LogP contribution in [0.2, 0.25) is 0 Å². The van der Waals surface area contributed by atoms with Crippen LogP contribution in [0.4, 0.5) is 13.2 Å². The number of rotatable bonds is 17. The number of benzene rings is 8. The Kier molecular flexibility index (Phi) is 12.9. The van der Waals surface area contributed by atoms with E-state index in [4.69, 9.17) is 9.47 Å². The highest BCUT2D eigenvalue weighted by Gasteiger charge is 2.41. The minimum atomic E-state index is -1.44. The molecule has 0 aromatic heterocycles. The smallest absolute Gasteiger partial charge is 0.343 e. The van der Waals surface area contributed by atoms with E-state index in [2.05, 4.69) is 104 Å². The number of unbranched alkanes of at least 4 members (excludes halogenated alkanes) is 6. The molecule has 0 heterocycles. The van der Waals surface area contributed by atoms with Crippen LogP contribution in [0, 0.1) is 17.5 Å². The number of halogens is 3. The maximum absolute atomic E-state index is 14.6. The highest BCUT2D eigenvalue weighted by molar-refractivity contribution is 6.26. The molecule has 0 radical (unpaired) electrons. The molecule has 8 aromatic rings. The van der Waals surface area contributed by atoms with Crippen LogP contribution in [0.5, 0.6) is 5.75 Å². The van der Waals surface area contributed by atoms with Crippen molar-refractivity contribution in [2.24, 2.45) is 0 Å². The molecule has 9 rings (SSSR count). The van der Waals surface area contributed by atoms with Crippen LogP contribution in [-0.2, 0) is 16.1 Å². The van der Waals surface area contributed by atoms with E-state index in [1.54, 1.807) is 14.1 Å².